The lowest BCUT2D eigenvalue weighted by molar-refractivity contribution is -0.152. The van der Waals surface area contributed by atoms with Crippen molar-refractivity contribution in [2.24, 2.45) is 17.8 Å². The van der Waals surface area contributed by atoms with Gasteiger partial charge >= 0.3 is 0 Å². The van der Waals surface area contributed by atoms with Crippen LogP contribution < -0.4 is 4.90 Å². The summed E-state index contributed by atoms with van der Waals surface area (Å²) in [6, 6.07) is 7.78. The second kappa shape index (κ2) is 13.2. The predicted octanol–water partition coefficient (Wildman–Crippen LogP) is 4.18. The zero-order valence-corrected chi connectivity index (χ0v) is 26.0. The Kier molecular flexibility index (Phi) is 10.1. The number of hydrogen-bond acceptors (Lipinski definition) is 5. The molecule has 3 amide bonds. The zero-order valence-electron chi connectivity index (χ0n) is 24.5. The summed E-state index contributed by atoms with van der Waals surface area (Å²) in [5, 5.41) is 10.5. The number of para-hydroxylation sites is 1. The van der Waals surface area contributed by atoms with Crippen LogP contribution in [0.5, 0.6) is 0 Å². The van der Waals surface area contributed by atoms with Crippen LogP contribution in [0.15, 0.2) is 55.6 Å². The largest absolute Gasteiger partial charge is 0.394 e. The molecule has 1 aromatic rings. The molecule has 2 bridgehead atoms. The number of fused-ring (bicyclic) bond motifs is 1. The van der Waals surface area contributed by atoms with E-state index in [0.29, 0.717) is 25.2 Å². The first-order chi connectivity index (χ1) is 19.7. The van der Waals surface area contributed by atoms with Crippen molar-refractivity contribution in [2.75, 3.05) is 31.1 Å². The van der Waals surface area contributed by atoms with E-state index in [4.69, 9.17) is 4.74 Å². The number of hydrogen-bond donors (Lipinski definition) is 1. The van der Waals surface area contributed by atoms with Gasteiger partial charge in [0.1, 0.15) is 11.6 Å². The molecule has 224 valence electrons. The van der Waals surface area contributed by atoms with Gasteiger partial charge in [0, 0.05) is 30.1 Å². The quantitative estimate of drug-likeness (QED) is 0.189. The summed E-state index contributed by atoms with van der Waals surface area (Å²) in [6.45, 7) is 14.5. The third-order valence-electron chi connectivity index (χ3n) is 8.90. The maximum absolute atomic E-state index is 14.5. The number of anilines is 1. The lowest BCUT2D eigenvalue weighted by Crippen LogP contribution is -2.60. The smallest absolute Gasteiger partial charge is 0.248 e. The van der Waals surface area contributed by atoms with Crippen molar-refractivity contribution in [3.05, 3.63) is 55.6 Å². The van der Waals surface area contributed by atoms with Crippen molar-refractivity contribution < 1.29 is 24.2 Å². The summed E-state index contributed by atoms with van der Waals surface area (Å²) in [7, 11) is 0. The third kappa shape index (κ3) is 5.53. The van der Waals surface area contributed by atoms with Gasteiger partial charge in [-0.2, -0.15) is 0 Å². The maximum Gasteiger partial charge on any atom is 0.248 e. The monoisotopic (exact) mass is 629 g/mol. The molecule has 0 aromatic heterocycles. The van der Waals surface area contributed by atoms with Crippen LogP contribution in [-0.4, -0.2) is 87.5 Å². The van der Waals surface area contributed by atoms with Crippen molar-refractivity contribution >= 4 is 39.3 Å². The number of likely N-dealkylation sites (tertiary alicyclic amines) is 1. The van der Waals surface area contributed by atoms with Crippen molar-refractivity contribution in [2.45, 2.75) is 75.1 Å². The number of aliphatic hydroxyl groups is 1. The Bertz CT molecular complexity index is 1130. The van der Waals surface area contributed by atoms with Crippen molar-refractivity contribution in [1.82, 2.24) is 9.80 Å². The van der Waals surface area contributed by atoms with Gasteiger partial charge in [0.05, 0.1) is 30.6 Å². The number of benzene rings is 1. The summed E-state index contributed by atoms with van der Waals surface area (Å²) in [6.07, 6.45) is 6.04. The molecule has 3 unspecified atom stereocenters. The molecule has 3 fully saturated rings. The van der Waals surface area contributed by atoms with E-state index in [2.05, 4.69) is 36.0 Å². The highest BCUT2D eigenvalue weighted by molar-refractivity contribution is 9.09. The number of ether oxygens (including phenoxy) is 1. The molecule has 3 heterocycles. The van der Waals surface area contributed by atoms with Crippen LogP contribution in [0.4, 0.5) is 5.69 Å². The third-order valence-corrected chi connectivity index (χ3v) is 9.74. The Labute approximate surface area is 252 Å². The van der Waals surface area contributed by atoms with Crippen LogP contribution in [0.2, 0.25) is 0 Å². The maximum atomic E-state index is 14.5. The first-order valence-corrected chi connectivity index (χ1v) is 15.7. The fourth-order valence-electron chi connectivity index (χ4n) is 7.02. The van der Waals surface area contributed by atoms with Gasteiger partial charge in [-0.25, -0.2) is 0 Å². The number of rotatable bonds is 14. The van der Waals surface area contributed by atoms with Gasteiger partial charge in [0.25, 0.3) is 0 Å². The van der Waals surface area contributed by atoms with Gasteiger partial charge in [-0.1, -0.05) is 79.9 Å². The van der Waals surface area contributed by atoms with Gasteiger partial charge in [-0.15, -0.1) is 13.2 Å². The molecule has 3 aliphatic rings. The van der Waals surface area contributed by atoms with Gasteiger partial charge in [-0.05, 0) is 30.9 Å². The first-order valence-electron chi connectivity index (χ1n) is 14.8. The number of unbranched alkanes of at least 4 members (excludes halogenated alkanes) is 2. The highest BCUT2D eigenvalue weighted by Gasteiger charge is 2.77. The second-order valence-corrected chi connectivity index (χ2v) is 12.9. The van der Waals surface area contributed by atoms with Crippen LogP contribution >= 0.6 is 15.9 Å². The molecule has 7 atom stereocenters. The average molecular weight is 631 g/mol. The number of carbonyl (C=O) groups excluding carboxylic acids is 3. The average Bonchev–Trinajstić information content (AvgIpc) is 3.55. The number of halogens is 1. The Morgan fingerprint density at radius 2 is 1.85 bits per heavy atom. The summed E-state index contributed by atoms with van der Waals surface area (Å²) in [4.78, 5) is 48.1. The van der Waals surface area contributed by atoms with Crippen LogP contribution in [-0.2, 0) is 19.1 Å². The molecule has 0 saturated carbocycles. The van der Waals surface area contributed by atoms with Crippen molar-refractivity contribution in [3.63, 3.8) is 0 Å². The van der Waals surface area contributed by atoms with E-state index in [1.54, 1.807) is 26.9 Å². The standard InChI is InChI=1S/C32H44BrN3O5/c1-6-9-13-18-34(16-7-2)31(40)28-32-19-23(33)27(41-32)25(26(32)30(39)36(28)24(20-37)21(4)5)29(38)35(17-8-3)22-14-11-10-12-15-22/h7-8,10-12,14-15,21,23-28,37H,2-3,6,9,13,16-20H2,1,4-5H3/t23?,24-,25-,26-,27-,28?,32?/m0/s1. The van der Waals surface area contributed by atoms with Gasteiger partial charge < -0.3 is 24.5 Å². The molecular weight excluding hydrogens is 586 g/mol. The number of nitrogens with zero attached hydrogens (tertiary/aromatic N) is 3. The fraction of sp³-hybridized carbons (Fsp3) is 0.594. The molecular formula is C32H44BrN3O5. The Hall–Kier alpha value is -2.49. The normalized spacial score (nSPS) is 29.0. The Morgan fingerprint density at radius 3 is 2.44 bits per heavy atom. The van der Waals surface area contributed by atoms with Crippen LogP contribution in [0, 0.1) is 17.8 Å². The van der Waals surface area contributed by atoms with Gasteiger partial charge in [0.15, 0.2) is 0 Å². The molecule has 9 heteroatoms. The number of alkyl halides is 1. The van der Waals surface area contributed by atoms with Gasteiger partial charge in [-0.3, -0.25) is 14.4 Å². The van der Waals surface area contributed by atoms with E-state index in [-0.39, 0.29) is 41.6 Å². The molecule has 3 aliphatic heterocycles. The number of carbonyl (C=O) groups is 3. The minimum absolute atomic E-state index is 0.116. The molecule has 3 saturated heterocycles. The lowest BCUT2D eigenvalue weighted by Gasteiger charge is -2.40. The molecule has 8 nitrogen and oxygen atoms in total. The predicted molar refractivity (Wildman–Crippen MR) is 164 cm³/mol. The highest BCUT2D eigenvalue weighted by atomic mass is 79.9. The summed E-state index contributed by atoms with van der Waals surface area (Å²) in [5.41, 5.74) is -0.477. The minimum atomic E-state index is -1.18. The Morgan fingerprint density at radius 1 is 1.17 bits per heavy atom. The molecule has 1 spiro atoms. The molecule has 1 N–H and O–H groups in total. The van der Waals surface area contributed by atoms with Crippen molar-refractivity contribution in [3.8, 4) is 0 Å². The van der Waals surface area contributed by atoms with Crippen LogP contribution in [0.25, 0.3) is 0 Å². The van der Waals surface area contributed by atoms with Crippen LogP contribution in [0.1, 0.15) is 46.5 Å². The lowest BCUT2D eigenvalue weighted by atomic mass is 9.70. The zero-order chi connectivity index (χ0) is 29.9. The first kappa shape index (κ1) is 31.4. The number of amides is 3. The van der Waals surface area contributed by atoms with E-state index < -0.39 is 35.6 Å². The second-order valence-electron chi connectivity index (χ2n) is 11.8. The van der Waals surface area contributed by atoms with E-state index in [9.17, 15) is 19.5 Å². The summed E-state index contributed by atoms with van der Waals surface area (Å²) >= 11 is 3.76. The van der Waals surface area contributed by atoms with E-state index in [0.717, 1.165) is 19.3 Å². The van der Waals surface area contributed by atoms with E-state index in [1.165, 1.54) is 0 Å². The summed E-state index contributed by atoms with van der Waals surface area (Å²) < 4.78 is 6.72. The minimum Gasteiger partial charge on any atom is -0.394 e. The van der Waals surface area contributed by atoms with Gasteiger partial charge in [0.2, 0.25) is 17.7 Å². The molecule has 41 heavy (non-hydrogen) atoms. The molecule has 0 aliphatic carbocycles. The summed E-state index contributed by atoms with van der Waals surface area (Å²) in [5.74, 6) is -2.48. The molecule has 1 aromatic carbocycles. The number of aliphatic hydroxyl groups excluding tert-OH is 1. The highest BCUT2D eigenvalue weighted by Crippen LogP contribution is 2.61. The molecule has 4 rings (SSSR count). The SMILES string of the molecule is C=CCN(CCCCC)C(=O)C1N([C@@H](CO)C(C)C)C(=O)[C@@H]2[C@H](C(=O)N(CC=C)c3ccccc3)[C@H]3OC12CC3Br. The topological polar surface area (TPSA) is 90.4 Å². The van der Waals surface area contributed by atoms with E-state index >= 15 is 0 Å². The van der Waals surface area contributed by atoms with Crippen molar-refractivity contribution in [1.29, 1.82) is 0 Å². The van der Waals surface area contributed by atoms with Crippen LogP contribution in [0.3, 0.4) is 0 Å². The Balaban J connectivity index is 1.80. The molecule has 0 radical (unpaired) electrons. The van der Waals surface area contributed by atoms with E-state index in [1.807, 2.05) is 44.2 Å². The fourth-order valence-corrected chi connectivity index (χ4v) is 7.96.